The summed E-state index contributed by atoms with van der Waals surface area (Å²) in [6, 6.07) is 7.84. The molecule has 0 saturated heterocycles. The molecular weight excluding hydrogens is 216 g/mol. The normalized spacial score (nSPS) is 11.7. The third-order valence-corrected chi connectivity index (χ3v) is 2.31. The summed E-state index contributed by atoms with van der Waals surface area (Å²) >= 11 is 0. The lowest BCUT2D eigenvalue weighted by Crippen LogP contribution is -2.11. The van der Waals surface area contributed by atoms with Crippen LogP contribution in [0.15, 0.2) is 36.4 Å². The first-order valence-electron chi connectivity index (χ1n) is 5.52. The Bertz CT molecular complexity index is 414. The second kappa shape index (κ2) is 5.53. The van der Waals surface area contributed by atoms with Crippen LogP contribution in [0.2, 0.25) is 0 Å². The summed E-state index contributed by atoms with van der Waals surface area (Å²) in [5.41, 5.74) is 1.27. The lowest BCUT2D eigenvalue weighted by Gasteiger charge is -2.19. The van der Waals surface area contributed by atoms with Crippen molar-refractivity contribution in [2.45, 2.75) is 26.2 Å². The maximum atomic E-state index is 10.3. The van der Waals surface area contributed by atoms with E-state index in [9.17, 15) is 4.79 Å². The van der Waals surface area contributed by atoms with Crippen LogP contribution < -0.4 is 4.74 Å². The van der Waals surface area contributed by atoms with Crippen molar-refractivity contribution in [2.75, 3.05) is 6.61 Å². The molecule has 0 fully saturated rings. The summed E-state index contributed by atoms with van der Waals surface area (Å²) < 4.78 is 5.44. The molecule has 0 amide bonds. The van der Waals surface area contributed by atoms with Gasteiger partial charge in [-0.3, -0.25) is 0 Å². The zero-order valence-corrected chi connectivity index (χ0v) is 10.4. The van der Waals surface area contributed by atoms with E-state index in [0.717, 1.165) is 11.8 Å². The van der Waals surface area contributed by atoms with E-state index in [4.69, 9.17) is 9.84 Å². The van der Waals surface area contributed by atoms with Gasteiger partial charge in [0.05, 0.1) is 0 Å². The molecule has 0 unspecified atom stereocenters. The van der Waals surface area contributed by atoms with Crippen LogP contribution in [0.4, 0.5) is 0 Å². The minimum absolute atomic E-state index is 0.0796. The zero-order valence-electron chi connectivity index (χ0n) is 10.4. The van der Waals surface area contributed by atoms with Gasteiger partial charge in [0.2, 0.25) is 0 Å². The van der Waals surface area contributed by atoms with Crippen LogP contribution in [0.25, 0.3) is 0 Å². The van der Waals surface area contributed by atoms with Crippen LogP contribution in [-0.4, -0.2) is 17.7 Å². The van der Waals surface area contributed by atoms with Gasteiger partial charge in [-0.15, -0.1) is 0 Å². The first-order valence-corrected chi connectivity index (χ1v) is 5.52. The van der Waals surface area contributed by atoms with Crippen LogP contribution >= 0.6 is 0 Å². The van der Waals surface area contributed by atoms with Crippen LogP contribution in [0.1, 0.15) is 26.3 Å². The van der Waals surface area contributed by atoms with Crippen molar-refractivity contribution in [3.05, 3.63) is 42.0 Å². The fraction of sp³-hybridized carbons (Fsp3) is 0.357. The summed E-state index contributed by atoms with van der Waals surface area (Å²) in [7, 11) is 0. The van der Waals surface area contributed by atoms with Gasteiger partial charge < -0.3 is 9.84 Å². The van der Waals surface area contributed by atoms with Crippen LogP contribution in [0, 0.1) is 0 Å². The Kier molecular flexibility index (Phi) is 4.32. The summed E-state index contributed by atoms with van der Waals surface area (Å²) in [6.45, 7) is 6.67. The number of hydrogen-bond acceptors (Lipinski definition) is 2. The average Bonchev–Trinajstić information content (AvgIpc) is 2.23. The summed E-state index contributed by atoms with van der Waals surface area (Å²) in [5, 5.41) is 8.42. The molecule has 0 aromatic heterocycles. The van der Waals surface area contributed by atoms with Gasteiger partial charge >= 0.3 is 5.97 Å². The Hall–Kier alpha value is -1.77. The van der Waals surface area contributed by atoms with Gasteiger partial charge in [-0.25, -0.2) is 4.79 Å². The topological polar surface area (TPSA) is 46.5 Å². The fourth-order valence-electron chi connectivity index (χ4n) is 1.35. The number of ether oxygens (including phenoxy) is 1. The van der Waals surface area contributed by atoms with Crippen molar-refractivity contribution in [2.24, 2.45) is 0 Å². The third-order valence-electron chi connectivity index (χ3n) is 2.31. The molecule has 0 saturated carbocycles. The summed E-state index contributed by atoms with van der Waals surface area (Å²) in [4.78, 5) is 10.3. The van der Waals surface area contributed by atoms with Crippen LogP contribution in [0.3, 0.4) is 0 Å². The molecule has 1 rings (SSSR count). The number of rotatable bonds is 4. The maximum absolute atomic E-state index is 10.3. The van der Waals surface area contributed by atoms with Gasteiger partial charge in [0, 0.05) is 6.08 Å². The second-order valence-corrected chi connectivity index (χ2v) is 4.83. The molecular formula is C14H18O3. The third kappa shape index (κ3) is 4.72. The molecule has 0 aliphatic heterocycles. The number of carboxylic acid groups (broad SMARTS) is 1. The van der Waals surface area contributed by atoms with Crippen molar-refractivity contribution < 1.29 is 14.6 Å². The molecule has 1 N–H and O–H groups in total. The van der Waals surface area contributed by atoms with Gasteiger partial charge in [0.25, 0.3) is 0 Å². The monoisotopic (exact) mass is 234 g/mol. The average molecular weight is 234 g/mol. The first kappa shape index (κ1) is 13.3. The van der Waals surface area contributed by atoms with Crippen LogP contribution in [0.5, 0.6) is 5.75 Å². The smallest absolute Gasteiger partial charge is 0.328 e. The molecule has 0 heterocycles. The Balaban J connectivity index is 2.64. The molecule has 3 heteroatoms. The number of carbonyl (C=O) groups is 1. The second-order valence-electron chi connectivity index (χ2n) is 4.83. The molecule has 0 atom stereocenters. The molecule has 0 aliphatic carbocycles. The van der Waals surface area contributed by atoms with Gasteiger partial charge in [0.1, 0.15) is 12.4 Å². The Morgan fingerprint density at radius 1 is 1.41 bits per heavy atom. The minimum atomic E-state index is -0.961. The molecule has 1 aromatic carbocycles. The quantitative estimate of drug-likeness (QED) is 0.814. The number of benzene rings is 1. The molecule has 92 valence electrons. The van der Waals surface area contributed by atoms with E-state index in [0.29, 0.717) is 0 Å². The van der Waals surface area contributed by atoms with Gasteiger partial charge in [-0.05, 0) is 29.2 Å². The Morgan fingerprint density at radius 3 is 2.71 bits per heavy atom. The minimum Gasteiger partial charge on any atom is -0.490 e. The highest BCUT2D eigenvalue weighted by Crippen LogP contribution is 2.25. The van der Waals surface area contributed by atoms with E-state index in [1.165, 1.54) is 11.6 Å². The van der Waals surface area contributed by atoms with Crippen molar-refractivity contribution in [1.82, 2.24) is 0 Å². The highest BCUT2D eigenvalue weighted by molar-refractivity contribution is 5.79. The van der Waals surface area contributed by atoms with Gasteiger partial charge in [-0.1, -0.05) is 32.9 Å². The van der Waals surface area contributed by atoms with Crippen molar-refractivity contribution in [1.29, 1.82) is 0 Å². The lowest BCUT2D eigenvalue weighted by atomic mass is 9.87. The zero-order chi connectivity index (χ0) is 12.9. The number of hydrogen-bond donors (Lipinski definition) is 1. The standard InChI is InChI=1S/C14H18O3/c1-14(2,3)11-6-4-7-12(10-11)17-9-5-8-13(15)16/h4-8,10H,9H2,1-3H3,(H,15,16)/b8-5+. The molecule has 1 aromatic rings. The number of carboxylic acids is 1. The van der Waals surface area contributed by atoms with Crippen LogP contribution in [-0.2, 0) is 10.2 Å². The highest BCUT2D eigenvalue weighted by atomic mass is 16.5. The number of aliphatic carboxylic acids is 1. The summed E-state index contributed by atoms with van der Waals surface area (Å²) in [6.07, 6.45) is 2.56. The van der Waals surface area contributed by atoms with Gasteiger partial charge in [-0.2, -0.15) is 0 Å². The van der Waals surface area contributed by atoms with Crippen molar-refractivity contribution in [3.8, 4) is 5.75 Å². The van der Waals surface area contributed by atoms with Crippen molar-refractivity contribution in [3.63, 3.8) is 0 Å². The Labute approximate surface area is 102 Å². The summed E-state index contributed by atoms with van der Waals surface area (Å²) in [5.74, 6) is -0.204. The molecule has 0 radical (unpaired) electrons. The molecule has 3 nitrogen and oxygen atoms in total. The highest BCUT2D eigenvalue weighted by Gasteiger charge is 2.13. The molecule has 0 bridgehead atoms. The van der Waals surface area contributed by atoms with E-state index in [2.05, 4.69) is 26.8 Å². The Morgan fingerprint density at radius 2 is 2.12 bits per heavy atom. The largest absolute Gasteiger partial charge is 0.490 e. The maximum Gasteiger partial charge on any atom is 0.328 e. The fourth-order valence-corrected chi connectivity index (χ4v) is 1.35. The van der Waals surface area contributed by atoms with E-state index in [1.54, 1.807) is 0 Å². The first-order chi connectivity index (χ1) is 7.89. The van der Waals surface area contributed by atoms with E-state index in [1.807, 2.05) is 18.2 Å². The molecule has 17 heavy (non-hydrogen) atoms. The van der Waals surface area contributed by atoms with E-state index < -0.39 is 5.97 Å². The lowest BCUT2D eigenvalue weighted by molar-refractivity contribution is -0.131. The van der Waals surface area contributed by atoms with Crippen molar-refractivity contribution >= 4 is 5.97 Å². The predicted octanol–water partition coefficient (Wildman–Crippen LogP) is 3.00. The van der Waals surface area contributed by atoms with E-state index in [-0.39, 0.29) is 12.0 Å². The molecule has 0 spiro atoms. The SMILES string of the molecule is CC(C)(C)c1cccc(OC/C=C/C(=O)O)c1. The molecule has 0 aliphatic rings. The van der Waals surface area contributed by atoms with Gasteiger partial charge in [0.15, 0.2) is 0 Å². The van der Waals surface area contributed by atoms with E-state index >= 15 is 0 Å². The predicted molar refractivity (Wildman–Crippen MR) is 67.4 cm³/mol.